The van der Waals surface area contributed by atoms with E-state index in [2.05, 4.69) is 14.2 Å². The Morgan fingerprint density at radius 1 is 0.657 bits per heavy atom. The van der Waals surface area contributed by atoms with Gasteiger partial charge in [0.05, 0.1) is 46.2 Å². The van der Waals surface area contributed by atoms with Crippen LogP contribution in [0.3, 0.4) is 0 Å². The fourth-order valence-electron chi connectivity index (χ4n) is 2.08. The minimum absolute atomic E-state index is 0.0968. The van der Waals surface area contributed by atoms with E-state index in [0.29, 0.717) is 6.61 Å². The first-order valence-electron chi connectivity index (χ1n) is 10.6. The van der Waals surface area contributed by atoms with Gasteiger partial charge in [-0.15, -0.1) is 0 Å². The first-order valence-corrected chi connectivity index (χ1v) is 10.6. The maximum Gasteiger partial charge on any atom is 0.383 e. The quantitative estimate of drug-likeness (QED) is 0.0935. The van der Waals surface area contributed by atoms with Crippen molar-refractivity contribution in [3.8, 4) is 0 Å². The van der Waals surface area contributed by atoms with Crippen LogP contribution in [-0.2, 0) is 33.2 Å². The molecule has 10 nitrogen and oxygen atoms in total. The van der Waals surface area contributed by atoms with Gasteiger partial charge in [-0.3, -0.25) is 4.74 Å². The van der Waals surface area contributed by atoms with Gasteiger partial charge in [0.25, 0.3) is 5.92 Å². The lowest BCUT2D eigenvalue weighted by atomic mass is 10.3. The highest BCUT2D eigenvalue weighted by molar-refractivity contribution is 4.63. The number of rotatable bonds is 24. The highest BCUT2D eigenvalue weighted by atomic mass is 19.3. The molecule has 0 aromatic carbocycles. The molecule has 0 aliphatic rings. The molecule has 0 spiro atoms. The van der Waals surface area contributed by atoms with Crippen molar-refractivity contribution in [1.82, 2.24) is 0 Å². The van der Waals surface area contributed by atoms with E-state index in [9.17, 15) is 36.6 Å². The number of hydrogen-bond acceptors (Lipinski definition) is 10. The van der Waals surface area contributed by atoms with E-state index in [-0.39, 0.29) is 39.6 Å². The van der Waals surface area contributed by atoms with Crippen molar-refractivity contribution in [2.45, 2.75) is 43.7 Å². The third-order valence-corrected chi connectivity index (χ3v) is 3.67. The van der Waals surface area contributed by atoms with Crippen LogP contribution >= 0.6 is 0 Å². The predicted octanol–water partition coefficient (Wildman–Crippen LogP) is 1.01. The molecule has 0 aromatic rings. The number of alkyl halides is 6. The van der Waals surface area contributed by atoms with Crippen molar-refractivity contribution < 1.29 is 74.8 Å². The van der Waals surface area contributed by atoms with Crippen LogP contribution in [-0.4, -0.2) is 125 Å². The van der Waals surface area contributed by atoms with Crippen molar-refractivity contribution in [2.75, 3.05) is 79.5 Å². The molecule has 0 saturated heterocycles. The third kappa shape index (κ3) is 21.0. The fraction of sp³-hybridized carbons (Fsp3) is 1.00. The number of halogens is 6. The van der Waals surface area contributed by atoms with Crippen LogP contribution in [0, 0.1) is 0 Å². The fourth-order valence-corrected chi connectivity index (χ4v) is 2.08. The summed E-state index contributed by atoms with van der Waals surface area (Å²) < 4.78 is 111. The van der Waals surface area contributed by atoms with Gasteiger partial charge in [-0.05, 0) is 6.92 Å². The van der Waals surface area contributed by atoms with Crippen molar-refractivity contribution in [3.05, 3.63) is 0 Å². The average Bonchev–Trinajstić information content (AvgIpc) is 2.76. The summed E-state index contributed by atoms with van der Waals surface area (Å²) in [6.07, 6.45) is -11.7. The second-order valence-corrected chi connectivity index (χ2v) is 7.15. The van der Waals surface area contributed by atoms with Crippen LogP contribution in [0.25, 0.3) is 0 Å². The van der Waals surface area contributed by atoms with Gasteiger partial charge < -0.3 is 43.7 Å². The summed E-state index contributed by atoms with van der Waals surface area (Å²) in [5.74, 6) is -3.26. The average molecular weight is 536 g/mol. The third-order valence-electron chi connectivity index (χ3n) is 3.67. The van der Waals surface area contributed by atoms with Crippen LogP contribution in [0.5, 0.6) is 0 Å². The van der Waals surface area contributed by atoms with Crippen molar-refractivity contribution >= 4 is 0 Å². The maximum atomic E-state index is 13.5. The largest absolute Gasteiger partial charge is 0.390 e. The molecule has 212 valence electrons. The van der Waals surface area contributed by atoms with Crippen LogP contribution in [0.4, 0.5) is 26.3 Å². The Morgan fingerprint density at radius 3 is 1.71 bits per heavy atom. The molecular weight excluding hydrogens is 502 g/mol. The zero-order valence-electron chi connectivity index (χ0n) is 19.3. The lowest BCUT2D eigenvalue weighted by Crippen LogP contribution is -2.40. The van der Waals surface area contributed by atoms with Gasteiger partial charge in [0.15, 0.2) is 0 Å². The highest BCUT2D eigenvalue weighted by Gasteiger charge is 2.44. The van der Waals surface area contributed by atoms with Gasteiger partial charge in [0.1, 0.15) is 38.8 Å². The highest BCUT2D eigenvalue weighted by Crippen LogP contribution is 2.27. The van der Waals surface area contributed by atoms with E-state index in [1.807, 2.05) is 0 Å². The summed E-state index contributed by atoms with van der Waals surface area (Å²) in [7, 11) is 0. The number of hydrogen-bond donors (Lipinski definition) is 3. The first-order chi connectivity index (χ1) is 16.3. The molecular formula is C19H34F6O10. The van der Waals surface area contributed by atoms with E-state index in [4.69, 9.17) is 24.1 Å². The maximum absolute atomic E-state index is 13.5. The Bertz CT molecular complexity index is 519. The molecule has 0 radical (unpaired) electrons. The molecule has 16 heteroatoms. The SMILES string of the molecule is CCOCC(O)COCC(F)(F)OC(F)(F)COCOCCOCC(O)COCCC(F)(F)CO. The zero-order chi connectivity index (χ0) is 26.8. The van der Waals surface area contributed by atoms with Gasteiger partial charge in [0, 0.05) is 13.0 Å². The molecule has 0 heterocycles. The van der Waals surface area contributed by atoms with E-state index in [1.165, 1.54) is 0 Å². The monoisotopic (exact) mass is 536 g/mol. The van der Waals surface area contributed by atoms with Gasteiger partial charge >= 0.3 is 12.2 Å². The molecule has 35 heavy (non-hydrogen) atoms. The van der Waals surface area contributed by atoms with Crippen LogP contribution in [0.1, 0.15) is 13.3 Å². The van der Waals surface area contributed by atoms with Crippen molar-refractivity contribution in [2.24, 2.45) is 0 Å². The van der Waals surface area contributed by atoms with Gasteiger partial charge in [-0.2, -0.15) is 17.6 Å². The van der Waals surface area contributed by atoms with E-state index >= 15 is 0 Å². The zero-order valence-corrected chi connectivity index (χ0v) is 19.3. The van der Waals surface area contributed by atoms with Crippen molar-refractivity contribution in [3.63, 3.8) is 0 Å². The van der Waals surface area contributed by atoms with Crippen LogP contribution in [0.15, 0.2) is 0 Å². The molecule has 0 fully saturated rings. The Balaban J connectivity index is 3.79. The minimum atomic E-state index is -4.36. The molecule has 3 N–H and O–H groups in total. The molecule has 0 amide bonds. The number of ether oxygens (including phenoxy) is 7. The molecule has 0 aromatic heterocycles. The molecule has 0 bridgehead atoms. The lowest BCUT2D eigenvalue weighted by Gasteiger charge is -2.24. The van der Waals surface area contributed by atoms with E-state index < -0.39 is 70.0 Å². The van der Waals surface area contributed by atoms with E-state index in [1.54, 1.807) is 6.92 Å². The smallest absolute Gasteiger partial charge is 0.383 e. The predicted molar refractivity (Wildman–Crippen MR) is 105 cm³/mol. The van der Waals surface area contributed by atoms with Gasteiger partial charge in [0.2, 0.25) is 0 Å². The number of aliphatic hydroxyl groups is 3. The molecule has 2 unspecified atom stereocenters. The van der Waals surface area contributed by atoms with Crippen molar-refractivity contribution in [1.29, 1.82) is 0 Å². The van der Waals surface area contributed by atoms with Gasteiger partial charge in [-0.1, -0.05) is 0 Å². The number of aliphatic hydroxyl groups excluding tert-OH is 3. The summed E-state index contributed by atoms with van der Waals surface area (Å²) in [5.41, 5.74) is 0. The molecule has 2 atom stereocenters. The normalized spacial score (nSPS) is 14.9. The summed E-state index contributed by atoms with van der Waals surface area (Å²) >= 11 is 0. The summed E-state index contributed by atoms with van der Waals surface area (Å²) in [6, 6.07) is 0. The second-order valence-electron chi connectivity index (χ2n) is 7.15. The molecule has 0 aliphatic heterocycles. The van der Waals surface area contributed by atoms with Gasteiger partial charge in [-0.25, -0.2) is 8.78 Å². The Kier molecular flexibility index (Phi) is 18.0. The Hall–Kier alpha value is -0.820. The lowest BCUT2D eigenvalue weighted by molar-refractivity contribution is -0.396. The van der Waals surface area contributed by atoms with Crippen LogP contribution < -0.4 is 0 Å². The molecule has 0 aliphatic carbocycles. The Morgan fingerprint density at radius 2 is 1.14 bits per heavy atom. The second kappa shape index (κ2) is 18.4. The molecule has 0 rings (SSSR count). The topological polar surface area (TPSA) is 125 Å². The Labute approximate surface area is 198 Å². The van der Waals surface area contributed by atoms with E-state index in [0.717, 1.165) is 0 Å². The van der Waals surface area contributed by atoms with Crippen LogP contribution in [0.2, 0.25) is 0 Å². The molecule has 0 saturated carbocycles. The summed E-state index contributed by atoms with van der Waals surface area (Å²) in [5, 5.41) is 27.3. The summed E-state index contributed by atoms with van der Waals surface area (Å²) in [4.78, 5) is 0. The minimum Gasteiger partial charge on any atom is -0.390 e. The summed E-state index contributed by atoms with van der Waals surface area (Å²) in [6.45, 7) is -5.00. The first kappa shape index (κ1) is 34.2. The standard InChI is InChI=1S/C19H34F6O10/c1-2-29-7-15(27)10-33-12-18(22,23)35-19(24,25)13-34-14-32-6-5-31-9-16(28)8-30-4-3-17(20,21)11-26/h15-16,26-28H,2-14H2,1H3.